The smallest absolute Gasteiger partial charge is 0.259 e. The number of hydrogen-bond donors (Lipinski definition) is 3. The van der Waals surface area contributed by atoms with Crippen LogP contribution in [0.2, 0.25) is 0 Å². The first-order valence-corrected chi connectivity index (χ1v) is 6.16. The third kappa shape index (κ3) is 2.24. The summed E-state index contributed by atoms with van der Waals surface area (Å²) in [6.45, 7) is 1.67. The molecule has 0 fully saturated rings. The van der Waals surface area contributed by atoms with Crippen molar-refractivity contribution >= 4 is 23.1 Å². The second kappa shape index (κ2) is 4.64. The van der Waals surface area contributed by atoms with Crippen LogP contribution in [-0.4, -0.2) is 28.8 Å². The molecule has 2 heterocycles. The van der Waals surface area contributed by atoms with E-state index in [1.165, 1.54) is 0 Å². The quantitative estimate of drug-likeness (QED) is 0.762. The maximum atomic E-state index is 12.3. The summed E-state index contributed by atoms with van der Waals surface area (Å²) in [7, 11) is 1.81. The molecule has 1 aliphatic rings. The summed E-state index contributed by atoms with van der Waals surface area (Å²) in [4.78, 5) is 12.3. The number of nitrogens with zero attached hydrogens (tertiary/aromatic N) is 2. The van der Waals surface area contributed by atoms with Gasteiger partial charge in [0.15, 0.2) is 5.82 Å². The fourth-order valence-electron chi connectivity index (χ4n) is 2.13. The van der Waals surface area contributed by atoms with Crippen molar-refractivity contribution in [3.63, 3.8) is 0 Å². The minimum atomic E-state index is -0.160. The first-order valence-electron chi connectivity index (χ1n) is 6.16. The number of amides is 1. The minimum Gasteiger partial charge on any atom is -0.382 e. The SMILES string of the molecule is Cn1ccc(NC(=O)c2cccc3c2NCCN3)n1. The maximum Gasteiger partial charge on any atom is 0.259 e. The molecule has 0 aliphatic carbocycles. The van der Waals surface area contributed by atoms with E-state index >= 15 is 0 Å². The van der Waals surface area contributed by atoms with Crippen LogP contribution in [0, 0.1) is 0 Å². The molecule has 0 spiro atoms. The molecule has 0 unspecified atom stereocenters. The predicted octanol–water partition coefficient (Wildman–Crippen LogP) is 1.51. The largest absolute Gasteiger partial charge is 0.382 e. The number of hydrogen-bond acceptors (Lipinski definition) is 4. The highest BCUT2D eigenvalue weighted by atomic mass is 16.1. The third-order valence-electron chi connectivity index (χ3n) is 3.01. The van der Waals surface area contributed by atoms with Crippen LogP contribution in [0.25, 0.3) is 0 Å². The molecule has 98 valence electrons. The van der Waals surface area contributed by atoms with Crippen LogP contribution >= 0.6 is 0 Å². The summed E-state index contributed by atoms with van der Waals surface area (Å²) in [5.41, 5.74) is 2.43. The van der Waals surface area contributed by atoms with Gasteiger partial charge in [0, 0.05) is 32.4 Å². The highest BCUT2D eigenvalue weighted by Crippen LogP contribution is 2.28. The van der Waals surface area contributed by atoms with Gasteiger partial charge in [0.2, 0.25) is 0 Å². The van der Waals surface area contributed by atoms with Crippen LogP contribution in [0.1, 0.15) is 10.4 Å². The van der Waals surface area contributed by atoms with Gasteiger partial charge in [-0.15, -0.1) is 0 Å². The van der Waals surface area contributed by atoms with Gasteiger partial charge in [-0.2, -0.15) is 5.10 Å². The van der Waals surface area contributed by atoms with E-state index in [4.69, 9.17) is 0 Å². The van der Waals surface area contributed by atoms with Crippen molar-refractivity contribution in [2.75, 3.05) is 29.0 Å². The van der Waals surface area contributed by atoms with E-state index < -0.39 is 0 Å². The van der Waals surface area contributed by atoms with Crippen LogP contribution in [0.5, 0.6) is 0 Å². The maximum absolute atomic E-state index is 12.3. The lowest BCUT2D eigenvalue weighted by molar-refractivity contribution is 0.102. The van der Waals surface area contributed by atoms with Crippen LogP contribution < -0.4 is 16.0 Å². The second-order valence-electron chi connectivity index (χ2n) is 4.41. The highest BCUT2D eigenvalue weighted by molar-refractivity contribution is 6.09. The molecule has 0 atom stereocenters. The summed E-state index contributed by atoms with van der Waals surface area (Å²) < 4.78 is 1.65. The molecule has 1 aromatic carbocycles. The van der Waals surface area contributed by atoms with Gasteiger partial charge in [-0.05, 0) is 12.1 Å². The summed E-state index contributed by atoms with van der Waals surface area (Å²) >= 11 is 0. The lowest BCUT2D eigenvalue weighted by Crippen LogP contribution is -2.24. The molecule has 0 saturated carbocycles. The van der Waals surface area contributed by atoms with E-state index in [0.717, 1.165) is 24.5 Å². The van der Waals surface area contributed by atoms with Gasteiger partial charge in [0.1, 0.15) is 0 Å². The predicted molar refractivity (Wildman–Crippen MR) is 74.6 cm³/mol. The van der Waals surface area contributed by atoms with Gasteiger partial charge in [0.05, 0.1) is 16.9 Å². The minimum absolute atomic E-state index is 0.160. The molecule has 2 aromatic rings. The van der Waals surface area contributed by atoms with E-state index in [0.29, 0.717) is 11.4 Å². The first kappa shape index (κ1) is 11.6. The van der Waals surface area contributed by atoms with Gasteiger partial charge in [-0.1, -0.05) is 6.07 Å². The molecule has 3 rings (SSSR count). The van der Waals surface area contributed by atoms with E-state index in [1.807, 2.05) is 19.2 Å². The Hall–Kier alpha value is -2.50. The molecule has 6 nitrogen and oxygen atoms in total. The molecule has 0 radical (unpaired) electrons. The molecular weight excluding hydrogens is 242 g/mol. The van der Waals surface area contributed by atoms with E-state index in [1.54, 1.807) is 23.0 Å². The zero-order chi connectivity index (χ0) is 13.2. The number of rotatable bonds is 2. The van der Waals surface area contributed by atoms with Crippen LogP contribution in [0.3, 0.4) is 0 Å². The zero-order valence-electron chi connectivity index (χ0n) is 10.6. The van der Waals surface area contributed by atoms with E-state index in [9.17, 15) is 4.79 Å². The number of anilines is 3. The van der Waals surface area contributed by atoms with Gasteiger partial charge in [-0.3, -0.25) is 9.48 Å². The van der Waals surface area contributed by atoms with Crippen molar-refractivity contribution in [1.82, 2.24) is 9.78 Å². The Morgan fingerprint density at radius 3 is 2.95 bits per heavy atom. The highest BCUT2D eigenvalue weighted by Gasteiger charge is 2.17. The zero-order valence-corrected chi connectivity index (χ0v) is 10.6. The molecule has 1 aromatic heterocycles. The van der Waals surface area contributed by atoms with Crippen LogP contribution in [-0.2, 0) is 7.05 Å². The molecule has 1 amide bonds. The van der Waals surface area contributed by atoms with Crippen molar-refractivity contribution < 1.29 is 4.79 Å². The van der Waals surface area contributed by atoms with Gasteiger partial charge < -0.3 is 16.0 Å². The fraction of sp³-hybridized carbons (Fsp3) is 0.231. The number of aromatic nitrogens is 2. The van der Waals surface area contributed by atoms with Gasteiger partial charge >= 0.3 is 0 Å². The van der Waals surface area contributed by atoms with Gasteiger partial charge in [0.25, 0.3) is 5.91 Å². The Morgan fingerprint density at radius 1 is 1.32 bits per heavy atom. The second-order valence-corrected chi connectivity index (χ2v) is 4.41. The third-order valence-corrected chi connectivity index (χ3v) is 3.01. The Kier molecular flexibility index (Phi) is 2.83. The Balaban J connectivity index is 1.87. The average molecular weight is 257 g/mol. The summed E-state index contributed by atoms with van der Waals surface area (Å²) in [6, 6.07) is 7.39. The molecular formula is C13H15N5O. The fourth-order valence-corrected chi connectivity index (χ4v) is 2.13. The number of para-hydroxylation sites is 1. The molecule has 3 N–H and O–H groups in total. The number of aryl methyl sites for hydroxylation is 1. The number of carbonyl (C=O) groups excluding carboxylic acids is 1. The van der Waals surface area contributed by atoms with Crippen LogP contribution in [0.15, 0.2) is 30.5 Å². The molecule has 0 bridgehead atoms. The topological polar surface area (TPSA) is 71.0 Å². The number of fused-ring (bicyclic) bond motifs is 1. The summed E-state index contributed by atoms with van der Waals surface area (Å²) in [6.07, 6.45) is 1.79. The van der Waals surface area contributed by atoms with E-state index in [2.05, 4.69) is 21.0 Å². The summed E-state index contributed by atoms with van der Waals surface area (Å²) in [5.74, 6) is 0.389. The Morgan fingerprint density at radius 2 is 2.16 bits per heavy atom. The lowest BCUT2D eigenvalue weighted by Gasteiger charge is -2.22. The number of nitrogens with one attached hydrogen (secondary N) is 3. The number of carbonyl (C=O) groups is 1. The average Bonchev–Trinajstić information content (AvgIpc) is 2.83. The molecule has 6 heteroatoms. The van der Waals surface area contributed by atoms with Crippen molar-refractivity contribution in [2.24, 2.45) is 7.05 Å². The molecule has 0 saturated heterocycles. The van der Waals surface area contributed by atoms with Crippen molar-refractivity contribution in [3.05, 3.63) is 36.0 Å². The Labute approximate surface area is 110 Å². The molecule has 19 heavy (non-hydrogen) atoms. The first-order chi connectivity index (χ1) is 9.24. The van der Waals surface area contributed by atoms with Crippen molar-refractivity contribution in [3.8, 4) is 0 Å². The van der Waals surface area contributed by atoms with Crippen molar-refractivity contribution in [2.45, 2.75) is 0 Å². The lowest BCUT2D eigenvalue weighted by atomic mass is 10.1. The standard InChI is InChI=1S/C13H15N5O/c1-18-8-5-11(17-18)16-13(19)9-3-2-4-10-12(9)15-7-6-14-10/h2-5,8,14-15H,6-7H2,1H3,(H,16,17,19). The number of benzene rings is 1. The Bertz CT molecular complexity index is 619. The molecule has 1 aliphatic heterocycles. The normalized spacial score (nSPS) is 13.1. The summed E-state index contributed by atoms with van der Waals surface area (Å²) in [5, 5.41) is 13.4. The van der Waals surface area contributed by atoms with Gasteiger partial charge in [-0.25, -0.2) is 0 Å². The monoisotopic (exact) mass is 257 g/mol. The van der Waals surface area contributed by atoms with E-state index in [-0.39, 0.29) is 5.91 Å². The van der Waals surface area contributed by atoms with Crippen molar-refractivity contribution in [1.29, 1.82) is 0 Å². The van der Waals surface area contributed by atoms with Crippen LogP contribution in [0.4, 0.5) is 17.2 Å².